The Morgan fingerprint density at radius 3 is 2.52 bits per heavy atom. The molecule has 1 aromatic carbocycles. The molecule has 0 fully saturated rings. The Bertz CT molecular complexity index is 599. The smallest absolute Gasteiger partial charge is 0.269 e. The van der Waals surface area contributed by atoms with Crippen LogP contribution in [0.25, 0.3) is 11.3 Å². The normalized spacial score (nSPS) is 10.9. The Morgan fingerprint density at radius 2 is 1.95 bits per heavy atom. The molecule has 0 unspecified atom stereocenters. The van der Waals surface area contributed by atoms with E-state index in [4.69, 9.17) is 5.73 Å². The number of amides is 1. The quantitative estimate of drug-likeness (QED) is 0.810. The van der Waals surface area contributed by atoms with Crippen LogP contribution in [-0.4, -0.2) is 28.2 Å². The van der Waals surface area contributed by atoms with Crippen LogP contribution in [0.1, 0.15) is 29.9 Å². The lowest BCUT2D eigenvalue weighted by atomic mass is 10.1. The summed E-state index contributed by atoms with van der Waals surface area (Å²) in [4.78, 5) is 12.0. The summed E-state index contributed by atoms with van der Waals surface area (Å²) in [5.74, 6) is -0.200. The number of carbonyl (C=O) groups is 1. The number of carbonyl (C=O) groups excluding carboxylic acids is 1. The van der Waals surface area contributed by atoms with Crippen molar-refractivity contribution in [2.75, 3.05) is 6.54 Å². The van der Waals surface area contributed by atoms with Crippen molar-refractivity contribution in [3.05, 3.63) is 41.6 Å². The first-order valence-electron chi connectivity index (χ1n) is 6.55. The van der Waals surface area contributed by atoms with Crippen molar-refractivity contribution in [3.63, 3.8) is 0 Å². The number of hydrogen-bond donors (Lipinski definition) is 3. The Morgan fingerprint density at radius 1 is 1.33 bits per heavy atom. The lowest BCUT2D eigenvalue weighted by molar-refractivity contribution is 0.0941. The number of halogens is 1. The summed E-state index contributed by atoms with van der Waals surface area (Å²) >= 11 is 0. The van der Waals surface area contributed by atoms with Crippen LogP contribution in [0.4, 0.5) is 0 Å². The van der Waals surface area contributed by atoms with Gasteiger partial charge in [-0.25, -0.2) is 0 Å². The van der Waals surface area contributed by atoms with Gasteiger partial charge < -0.3 is 11.1 Å². The first-order valence-corrected chi connectivity index (χ1v) is 6.55. The molecule has 0 bridgehead atoms. The largest absolute Gasteiger partial charge is 0.349 e. The van der Waals surface area contributed by atoms with Gasteiger partial charge >= 0.3 is 0 Å². The highest BCUT2D eigenvalue weighted by Crippen LogP contribution is 2.18. The molecule has 0 atom stereocenters. The molecule has 6 heteroatoms. The maximum atomic E-state index is 12.0. The fourth-order valence-corrected chi connectivity index (χ4v) is 1.71. The van der Waals surface area contributed by atoms with E-state index < -0.39 is 5.54 Å². The molecule has 1 heterocycles. The van der Waals surface area contributed by atoms with Gasteiger partial charge in [0.25, 0.3) is 5.91 Å². The molecule has 0 saturated carbocycles. The molecule has 0 aliphatic carbocycles. The van der Waals surface area contributed by atoms with Gasteiger partial charge in [-0.05, 0) is 26.8 Å². The van der Waals surface area contributed by atoms with E-state index in [2.05, 4.69) is 15.5 Å². The molecule has 4 N–H and O–H groups in total. The molecule has 2 rings (SSSR count). The van der Waals surface area contributed by atoms with Crippen LogP contribution in [0.5, 0.6) is 0 Å². The van der Waals surface area contributed by atoms with Gasteiger partial charge in [-0.2, -0.15) is 5.10 Å². The van der Waals surface area contributed by atoms with E-state index in [1.54, 1.807) is 6.07 Å². The zero-order valence-corrected chi connectivity index (χ0v) is 13.3. The van der Waals surface area contributed by atoms with Gasteiger partial charge in [-0.3, -0.25) is 9.89 Å². The van der Waals surface area contributed by atoms with E-state index in [1.807, 2.05) is 45.0 Å². The Hall–Kier alpha value is -1.85. The topological polar surface area (TPSA) is 83.8 Å². The third-order valence-electron chi connectivity index (χ3n) is 2.87. The lowest BCUT2D eigenvalue weighted by Crippen LogP contribution is -2.45. The highest BCUT2D eigenvalue weighted by Gasteiger charge is 2.15. The summed E-state index contributed by atoms with van der Waals surface area (Å²) in [7, 11) is 0. The number of aryl methyl sites for hydroxylation is 1. The van der Waals surface area contributed by atoms with E-state index in [9.17, 15) is 4.79 Å². The van der Waals surface area contributed by atoms with Crippen molar-refractivity contribution in [2.45, 2.75) is 26.3 Å². The average Bonchev–Trinajstić information content (AvgIpc) is 2.85. The summed E-state index contributed by atoms with van der Waals surface area (Å²) in [6.45, 7) is 6.16. The van der Waals surface area contributed by atoms with Gasteiger partial charge in [-0.1, -0.05) is 29.8 Å². The van der Waals surface area contributed by atoms with Gasteiger partial charge in [0.15, 0.2) is 0 Å². The molecule has 1 aromatic heterocycles. The van der Waals surface area contributed by atoms with Gasteiger partial charge in [0.1, 0.15) is 5.69 Å². The van der Waals surface area contributed by atoms with E-state index in [1.165, 1.54) is 5.56 Å². The van der Waals surface area contributed by atoms with Crippen LogP contribution in [0.15, 0.2) is 30.3 Å². The number of benzene rings is 1. The Kier molecular flexibility index (Phi) is 5.52. The van der Waals surface area contributed by atoms with Crippen LogP contribution in [0, 0.1) is 6.92 Å². The third kappa shape index (κ3) is 4.88. The summed E-state index contributed by atoms with van der Waals surface area (Å²) in [5, 5.41) is 9.69. The first-order chi connectivity index (χ1) is 9.35. The second-order valence-corrected chi connectivity index (χ2v) is 5.70. The van der Waals surface area contributed by atoms with Crippen molar-refractivity contribution in [1.82, 2.24) is 15.5 Å². The van der Waals surface area contributed by atoms with Crippen LogP contribution >= 0.6 is 12.4 Å². The first kappa shape index (κ1) is 17.2. The molecular weight excluding hydrogens is 288 g/mol. The second-order valence-electron chi connectivity index (χ2n) is 5.70. The standard InChI is InChI=1S/C15H20N4O.ClH/c1-10-4-6-11(7-5-10)12-8-13(19-18-12)14(20)17-9-15(2,3)16;/h4-8H,9,16H2,1-3H3,(H,17,20)(H,18,19);1H. The van der Waals surface area contributed by atoms with Crippen molar-refractivity contribution < 1.29 is 4.79 Å². The number of aromatic nitrogens is 2. The highest BCUT2D eigenvalue weighted by molar-refractivity contribution is 5.93. The fourth-order valence-electron chi connectivity index (χ4n) is 1.71. The van der Waals surface area contributed by atoms with Crippen LogP contribution < -0.4 is 11.1 Å². The number of nitrogens with zero attached hydrogens (tertiary/aromatic N) is 1. The third-order valence-corrected chi connectivity index (χ3v) is 2.87. The zero-order chi connectivity index (χ0) is 14.8. The highest BCUT2D eigenvalue weighted by atomic mass is 35.5. The maximum Gasteiger partial charge on any atom is 0.269 e. The summed E-state index contributed by atoms with van der Waals surface area (Å²) < 4.78 is 0. The van der Waals surface area contributed by atoms with E-state index in [0.717, 1.165) is 11.3 Å². The van der Waals surface area contributed by atoms with Gasteiger partial charge in [0.2, 0.25) is 0 Å². The lowest BCUT2D eigenvalue weighted by Gasteiger charge is -2.18. The molecular formula is C15H21ClN4O. The molecule has 0 aliphatic heterocycles. The van der Waals surface area contributed by atoms with Crippen molar-refractivity contribution in [2.24, 2.45) is 5.73 Å². The predicted octanol–water partition coefficient (Wildman–Crippen LogP) is 2.27. The van der Waals surface area contributed by atoms with Crippen LogP contribution in [-0.2, 0) is 0 Å². The zero-order valence-electron chi connectivity index (χ0n) is 12.4. The van der Waals surface area contributed by atoms with Crippen LogP contribution in [0.2, 0.25) is 0 Å². The summed E-state index contributed by atoms with van der Waals surface area (Å²) in [5.41, 5.74) is 8.75. The number of rotatable bonds is 4. The van der Waals surface area contributed by atoms with E-state index in [0.29, 0.717) is 12.2 Å². The van der Waals surface area contributed by atoms with Gasteiger partial charge in [0, 0.05) is 17.6 Å². The minimum absolute atomic E-state index is 0. The molecule has 0 aliphatic rings. The van der Waals surface area contributed by atoms with Gasteiger partial charge in [0.05, 0.1) is 5.69 Å². The number of nitrogens with one attached hydrogen (secondary N) is 2. The number of nitrogens with two attached hydrogens (primary N) is 1. The minimum Gasteiger partial charge on any atom is -0.349 e. The predicted molar refractivity (Wildman–Crippen MR) is 86.6 cm³/mol. The SMILES string of the molecule is Cc1ccc(-c2cc(C(=O)NCC(C)(C)N)[nH]n2)cc1.Cl. The van der Waals surface area contributed by atoms with Crippen LogP contribution in [0.3, 0.4) is 0 Å². The molecule has 0 radical (unpaired) electrons. The van der Waals surface area contributed by atoms with Gasteiger partial charge in [-0.15, -0.1) is 12.4 Å². The Balaban J connectivity index is 0.00000220. The molecule has 5 nitrogen and oxygen atoms in total. The molecule has 2 aromatic rings. The Labute approximate surface area is 130 Å². The molecule has 114 valence electrons. The second kappa shape index (κ2) is 6.74. The fraction of sp³-hybridized carbons (Fsp3) is 0.333. The van der Waals surface area contributed by atoms with E-state index >= 15 is 0 Å². The maximum absolute atomic E-state index is 12.0. The summed E-state index contributed by atoms with van der Waals surface area (Å²) in [6.07, 6.45) is 0. The average molecular weight is 309 g/mol. The van der Waals surface area contributed by atoms with Crippen molar-refractivity contribution in [1.29, 1.82) is 0 Å². The monoisotopic (exact) mass is 308 g/mol. The summed E-state index contributed by atoms with van der Waals surface area (Å²) in [6, 6.07) is 9.73. The minimum atomic E-state index is -0.435. The van der Waals surface area contributed by atoms with E-state index in [-0.39, 0.29) is 18.3 Å². The molecule has 21 heavy (non-hydrogen) atoms. The van der Waals surface area contributed by atoms with Crippen molar-refractivity contribution in [3.8, 4) is 11.3 Å². The van der Waals surface area contributed by atoms with Crippen molar-refractivity contribution >= 4 is 18.3 Å². The molecule has 1 amide bonds. The number of aromatic amines is 1. The molecule has 0 saturated heterocycles. The number of hydrogen-bond acceptors (Lipinski definition) is 3. The number of H-pyrrole nitrogens is 1. The molecule has 0 spiro atoms.